The SMILES string of the molecule is CNc1nnc(CCc2ccccc2)n1C. The third-order valence-corrected chi connectivity index (χ3v) is 2.67. The molecule has 4 heteroatoms. The van der Waals surface area contributed by atoms with Crippen molar-refractivity contribution in [1.82, 2.24) is 14.8 Å². The second-order valence-corrected chi connectivity index (χ2v) is 3.73. The first-order valence-corrected chi connectivity index (χ1v) is 5.41. The zero-order valence-corrected chi connectivity index (χ0v) is 9.64. The second kappa shape index (κ2) is 4.79. The fraction of sp³-hybridized carbons (Fsp3) is 0.333. The molecule has 0 spiro atoms. The summed E-state index contributed by atoms with van der Waals surface area (Å²) in [6, 6.07) is 10.4. The van der Waals surface area contributed by atoms with Crippen molar-refractivity contribution in [3.63, 3.8) is 0 Å². The average molecular weight is 216 g/mol. The van der Waals surface area contributed by atoms with E-state index in [1.54, 1.807) is 0 Å². The molecule has 0 unspecified atom stereocenters. The van der Waals surface area contributed by atoms with Gasteiger partial charge in [-0.2, -0.15) is 0 Å². The molecule has 0 aliphatic carbocycles. The summed E-state index contributed by atoms with van der Waals surface area (Å²) in [7, 11) is 3.83. The number of benzene rings is 1. The van der Waals surface area contributed by atoms with Gasteiger partial charge in [0.1, 0.15) is 5.82 Å². The van der Waals surface area contributed by atoms with Gasteiger partial charge < -0.3 is 9.88 Å². The minimum Gasteiger partial charge on any atom is -0.357 e. The van der Waals surface area contributed by atoms with Crippen LogP contribution in [-0.2, 0) is 19.9 Å². The first-order valence-electron chi connectivity index (χ1n) is 5.41. The van der Waals surface area contributed by atoms with E-state index in [4.69, 9.17) is 0 Å². The molecule has 1 aromatic heterocycles. The van der Waals surface area contributed by atoms with Crippen molar-refractivity contribution in [2.24, 2.45) is 7.05 Å². The van der Waals surface area contributed by atoms with Gasteiger partial charge in [0.15, 0.2) is 0 Å². The van der Waals surface area contributed by atoms with Gasteiger partial charge in [0, 0.05) is 20.5 Å². The van der Waals surface area contributed by atoms with Gasteiger partial charge in [0.25, 0.3) is 0 Å². The third kappa shape index (κ3) is 2.21. The number of nitrogens with zero attached hydrogens (tertiary/aromatic N) is 3. The molecule has 84 valence electrons. The van der Waals surface area contributed by atoms with E-state index >= 15 is 0 Å². The number of nitrogens with one attached hydrogen (secondary N) is 1. The van der Waals surface area contributed by atoms with Gasteiger partial charge in [-0.15, -0.1) is 10.2 Å². The number of aryl methyl sites for hydroxylation is 2. The maximum absolute atomic E-state index is 4.15. The summed E-state index contributed by atoms with van der Waals surface area (Å²) in [5, 5.41) is 11.2. The lowest BCUT2D eigenvalue weighted by atomic mass is 10.1. The quantitative estimate of drug-likeness (QED) is 0.845. The number of aromatic nitrogens is 3. The second-order valence-electron chi connectivity index (χ2n) is 3.73. The van der Waals surface area contributed by atoms with Crippen molar-refractivity contribution in [2.75, 3.05) is 12.4 Å². The van der Waals surface area contributed by atoms with E-state index in [1.807, 2.05) is 24.7 Å². The summed E-state index contributed by atoms with van der Waals surface area (Å²) < 4.78 is 1.99. The Bertz CT molecular complexity index is 447. The Morgan fingerprint density at radius 2 is 1.88 bits per heavy atom. The highest BCUT2D eigenvalue weighted by molar-refractivity contribution is 5.24. The predicted molar refractivity (Wildman–Crippen MR) is 64.4 cm³/mol. The molecule has 0 amide bonds. The molecular weight excluding hydrogens is 200 g/mol. The van der Waals surface area contributed by atoms with Crippen LogP contribution in [0, 0.1) is 0 Å². The Kier molecular flexibility index (Phi) is 3.19. The van der Waals surface area contributed by atoms with Crippen molar-refractivity contribution in [3.8, 4) is 0 Å². The molecule has 0 atom stereocenters. The molecule has 16 heavy (non-hydrogen) atoms. The lowest BCUT2D eigenvalue weighted by molar-refractivity contribution is 0.772. The molecule has 2 rings (SSSR count). The van der Waals surface area contributed by atoms with Gasteiger partial charge in [-0.25, -0.2) is 0 Å². The first kappa shape index (κ1) is 10.7. The Labute approximate surface area is 95.3 Å². The van der Waals surface area contributed by atoms with Crippen LogP contribution in [0.1, 0.15) is 11.4 Å². The van der Waals surface area contributed by atoms with Crippen LogP contribution < -0.4 is 5.32 Å². The number of hydrogen-bond acceptors (Lipinski definition) is 3. The minimum absolute atomic E-state index is 0.808. The highest BCUT2D eigenvalue weighted by Gasteiger charge is 2.06. The van der Waals surface area contributed by atoms with Gasteiger partial charge in [0.2, 0.25) is 5.95 Å². The molecule has 0 saturated carbocycles. The largest absolute Gasteiger partial charge is 0.357 e. The van der Waals surface area contributed by atoms with Crippen molar-refractivity contribution < 1.29 is 0 Å². The molecular formula is C12H16N4. The maximum atomic E-state index is 4.15. The molecule has 1 N–H and O–H groups in total. The van der Waals surface area contributed by atoms with Crippen molar-refractivity contribution in [2.45, 2.75) is 12.8 Å². The zero-order valence-electron chi connectivity index (χ0n) is 9.64. The summed E-state index contributed by atoms with van der Waals surface area (Å²) in [6.07, 6.45) is 1.91. The van der Waals surface area contributed by atoms with Gasteiger partial charge in [0.05, 0.1) is 0 Å². The molecule has 0 fully saturated rings. The predicted octanol–water partition coefficient (Wildman–Crippen LogP) is 1.64. The van der Waals surface area contributed by atoms with Crippen molar-refractivity contribution >= 4 is 5.95 Å². The molecule has 0 saturated heterocycles. The van der Waals surface area contributed by atoms with Crippen LogP contribution in [0.5, 0.6) is 0 Å². The summed E-state index contributed by atoms with van der Waals surface area (Å²) in [5.41, 5.74) is 1.33. The average Bonchev–Trinajstić information content (AvgIpc) is 2.69. The van der Waals surface area contributed by atoms with Crippen LogP contribution in [0.15, 0.2) is 30.3 Å². The van der Waals surface area contributed by atoms with Crippen molar-refractivity contribution in [3.05, 3.63) is 41.7 Å². The maximum Gasteiger partial charge on any atom is 0.224 e. The molecule has 1 heterocycles. The monoisotopic (exact) mass is 216 g/mol. The Morgan fingerprint density at radius 3 is 2.50 bits per heavy atom. The van der Waals surface area contributed by atoms with Gasteiger partial charge in [-0.05, 0) is 12.0 Å². The Balaban J connectivity index is 2.02. The fourth-order valence-corrected chi connectivity index (χ4v) is 1.70. The molecule has 4 nitrogen and oxygen atoms in total. The minimum atomic E-state index is 0.808. The van der Waals surface area contributed by atoms with Crippen LogP contribution in [-0.4, -0.2) is 21.8 Å². The van der Waals surface area contributed by atoms with Crippen LogP contribution >= 0.6 is 0 Å². The zero-order chi connectivity index (χ0) is 11.4. The van der Waals surface area contributed by atoms with E-state index in [0.29, 0.717) is 0 Å². The van der Waals surface area contributed by atoms with Crippen LogP contribution in [0.25, 0.3) is 0 Å². The van der Waals surface area contributed by atoms with Crippen molar-refractivity contribution in [1.29, 1.82) is 0 Å². The lowest BCUT2D eigenvalue weighted by Crippen LogP contribution is -2.03. The third-order valence-electron chi connectivity index (χ3n) is 2.67. The molecule has 0 bridgehead atoms. The van der Waals surface area contributed by atoms with Crippen LogP contribution in [0.4, 0.5) is 5.95 Å². The fourth-order valence-electron chi connectivity index (χ4n) is 1.70. The van der Waals surface area contributed by atoms with Crippen LogP contribution in [0.3, 0.4) is 0 Å². The van der Waals surface area contributed by atoms with E-state index in [9.17, 15) is 0 Å². The smallest absolute Gasteiger partial charge is 0.224 e. The summed E-state index contributed by atoms with van der Waals surface area (Å²) in [6.45, 7) is 0. The summed E-state index contributed by atoms with van der Waals surface area (Å²) in [4.78, 5) is 0. The standard InChI is InChI=1S/C12H16N4/c1-13-12-15-14-11(16(12)2)9-8-10-6-4-3-5-7-10/h3-7H,8-9H2,1-2H3,(H,13,15). The molecule has 2 aromatic rings. The molecule has 0 aliphatic rings. The Morgan fingerprint density at radius 1 is 1.12 bits per heavy atom. The number of rotatable bonds is 4. The molecule has 0 aliphatic heterocycles. The van der Waals surface area contributed by atoms with Gasteiger partial charge in [-0.1, -0.05) is 30.3 Å². The lowest BCUT2D eigenvalue weighted by Gasteiger charge is -2.03. The highest BCUT2D eigenvalue weighted by Crippen LogP contribution is 2.08. The van der Waals surface area contributed by atoms with Gasteiger partial charge >= 0.3 is 0 Å². The van der Waals surface area contributed by atoms with E-state index in [0.717, 1.165) is 24.6 Å². The first-order chi connectivity index (χ1) is 7.81. The van der Waals surface area contributed by atoms with Crippen LogP contribution in [0.2, 0.25) is 0 Å². The van der Waals surface area contributed by atoms with Gasteiger partial charge in [-0.3, -0.25) is 0 Å². The van der Waals surface area contributed by atoms with E-state index in [2.05, 4.69) is 39.8 Å². The topological polar surface area (TPSA) is 42.7 Å². The van der Waals surface area contributed by atoms with E-state index < -0.39 is 0 Å². The molecule has 1 aromatic carbocycles. The highest BCUT2D eigenvalue weighted by atomic mass is 15.3. The number of hydrogen-bond donors (Lipinski definition) is 1. The summed E-state index contributed by atoms with van der Waals surface area (Å²) in [5.74, 6) is 1.82. The summed E-state index contributed by atoms with van der Waals surface area (Å²) >= 11 is 0. The Hall–Kier alpha value is -1.84. The van der Waals surface area contributed by atoms with E-state index in [-0.39, 0.29) is 0 Å². The normalized spacial score (nSPS) is 10.4. The number of anilines is 1. The molecule has 0 radical (unpaired) electrons. The van der Waals surface area contributed by atoms with E-state index in [1.165, 1.54) is 5.56 Å².